The monoisotopic (exact) mass is 329 g/mol. The molecule has 0 aliphatic rings. The number of hydrogen-bond donors (Lipinski definition) is 0. The molecule has 0 spiro atoms. The number of aryl methyl sites for hydroxylation is 1. The molecule has 0 saturated carbocycles. The van der Waals surface area contributed by atoms with Gasteiger partial charge in [-0.2, -0.15) is 0 Å². The minimum absolute atomic E-state index is 0.128. The summed E-state index contributed by atoms with van der Waals surface area (Å²) in [6, 6.07) is 23.9. The van der Waals surface area contributed by atoms with Gasteiger partial charge in [-0.05, 0) is 23.3 Å². The first-order valence-corrected chi connectivity index (χ1v) is 8.10. The number of pyridine rings is 1. The summed E-state index contributed by atoms with van der Waals surface area (Å²) in [6.07, 6.45) is 0. The molecule has 0 aliphatic heterocycles. The van der Waals surface area contributed by atoms with E-state index in [4.69, 9.17) is 0 Å². The van der Waals surface area contributed by atoms with Crippen LogP contribution in [0.3, 0.4) is 0 Å². The molecule has 1 aromatic heterocycles. The lowest BCUT2D eigenvalue weighted by Crippen LogP contribution is -2.15. The Morgan fingerprint density at radius 3 is 2.00 bits per heavy atom. The Balaban J connectivity index is 2.23. The van der Waals surface area contributed by atoms with E-state index in [2.05, 4.69) is 0 Å². The number of hydrogen-bond acceptors (Lipinski definition) is 1. The molecule has 4 rings (SSSR count). The van der Waals surface area contributed by atoms with E-state index in [0.717, 1.165) is 16.8 Å². The molecule has 0 atom stereocenters. The number of aromatic nitrogens is 1. The normalized spacial score (nSPS) is 11.0. The number of nitrogens with zero attached hydrogens (tertiary/aromatic N) is 1. The van der Waals surface area contributed by atoms with Crippen molar-refractivity contribution < 1.29 is 4.39 Å². The van der Waals surface area contributed by atoms with E-state index < -0.39 is 5.82 Å². The van der Waals surface area contributed by atoms with Crippen molar-refractivity contribution in [2.24, 2.45) is 7.05 Å². The highest BCUT2D eigenvalue weighted by Gasteiger charge is 2.19. The Kier molecular flexibility index (Phi) is 3.69. The fourth-order valence-electron chi connectivity index (χ4n) is 3.34. The standard InChI is InChI=1S/C22H16FNO/c1-24-18-14-8-13-17(23)20(18)22(25)19(15-9-4-2-5-10-15)21(24)16-11-6-3-7-12-16/h2-14H,1H3. The van der Waals surface area contributed by atoms with Crippen LogP contribution in [0, 0.1) is 5.82 Å². The highest BCUT2D eigenvalue weighted by Crippen LogP contribution is 2.32. The molecule has 3 aromatic carbocycles. The van der Waals surface area contributed by atoms with E-state index in [1.165, 1.54) is 6.07 Å². The summed E-state index contributed by atoms with van der Waals surface area (Å²) in [5, 5.41) is 0.128. The zero-order valence-corrected chi connectivity index (χ0v) is 13.7. The summed E-state index contributed by atoms with van der Waals surface area (Å²) in [5.74, 6) is -0.491. The second-order valence-corrected chi connectivity index (χ2v) is 5.98. The average molecular weight is 329 g/mol. The van der Waals surface area contributed by atoms with Gasteiger partial charge in [0.15, 0.2) is 0 Å². The minimum Gasteiger partial charge on any atom is -0.343 e. The third-order valence-electron chi connectivity index (χ3n) is 4.49. The van der Waals surface area contributed by atoms with Crippen LogP contribution in [0.1, 0.15) is 0 Å². The SMILES string of the molecule is Cn1c(-c2ccccc2)c(-c2ccccc2)c(=O)c2c(F)cccc21. The molecule has 2 nitrogen and oxygen atoms in total. The first-order valence-electron chi connectivity index (χ1n) is 8.10. The molecule has 3 heteroatoms. The molecular formula is C22H16FNO. The molecule has 0 unspecified atom stereocenters. The Morgan fingerprint density at radius 2 is 1.36 bits per heavy atom. The lowest BCUT2D eigenvalue weighted by Gasteiger charge is -2.18. The zero-order chi connectivity index (χ0) is 17.4. The van der Waals surface area contributed by atoms with Gasteiger partial charge in [0, 0.05) is 7.05 Å². The fourth-order valence-corrected chi connectivity index (χ4v) is 3.34. The fraction of sp³-hybridized carbons (Fsp3) is 0.0455. The molecule has 0 aliphatic carbocycles. The van der Waals surface area contributed by atoms with Crippen LogP contribution in [0.2, 0.25) is 0 Å². The Morgan fingerprint density at radius 1 is 0.760 bits per heavy atom. The van der Waals surface area contributed by atoms with Gasteiger partial charge >= 0.3 is 0 Å². The Labute approximate surface area is 144 Å². The Bertz CT molecular complexity index is 1120. The van der Waals surface area contributed by atoms with Crippen LogP contribution in [0.15, 0.2) is 83.7 Å². The maximum atomic E-state index is 14.4. The highest BCUT2D eigenvalue weighted by atomic mass is 19.1. The third-order valence-corrected chi connectivity index (χ3v) is 4.49. The van der Waals surface area contributed by atoms with Gasteiger partial charge in [-0.3, -0.25) is 4.79 Å². The van der Waals surface area contributed by atoms with Crippen LogP contribution in [-0.2, 0) is 7.05 Å². The summed E-state index contributed by atoms with van der Waals surface area (Å²) in [7, 11) is 1.87. The van der Waals surface area contributed by atoms with E-state index in [1.54, 1.807) is 12.1 Å². The molecule has 4 aromatic rings. The van der Waals surface area contributed by atoms with Gasteiger partial charge in [-0.15, -0.1) is 0 Å². The molecule has 0 radical (unpaired) electrons. The highest BCUT2D eigenvalue weighted by molar-refractivity contribution is 5.92. The quantitative estimate of drug-likeness (QED) is 0.506. The van der Waals surface area contributed by atoms with Crippen LogP contribution in [0.4, 0.5) is 4.39 Å². The zero-order valence-electron chi connectivity index (χ0n) is 13.7. The molecule has 0 amide bonds. The van der Waals surface area contributed by atoms with E-state index in [9.17, 15) is 9.18 Å². The maximum absolute atomic E-state index is 14.4. The topological polar surface area (TPSA) is 22.0 Å². The minimum atomic E-state index is -0.491. The molecule has 0 bridgehead atoms. The predicted molar refractivity (Wildman–Crippen MR) is 100 cm³/mol. The smallest absolute Gasteiger partial charge is 0.200 e. The van der Waals surface area contributed by atoms with Gasteiger partial charge in [0.25, 0.3) is 0 Å². The van der Waals surface area contributed by atoms with Crippen molar-refractivity contribution in [2.75, 3.05) is 0 Å². The largest absolute Gasteiger partial charge is 0.343 e. The van der Waals surface area contributed by atoms with E-state index >= 15 is 0 Å². The second-order valence-electron chi connectivity index (χ2n) is 5.98. The van der Waals surface area contributed by atoms with E-state index in [-0.39, 0.29) is 10.8 Å². The van der Waals surface area contributed by atoms with Crippen molar-refractivity contribution in [2.45, 2.75) is 0 Å². The summed E-state index contributed by atoms with van der Waals surface area (Å²) >= 11 is 0. The summed E-state index contributed by atoms with van der Waals surface area (Å²) < 4.78 is 16.3. The summed E-state index contributed by atoms with van der Waals surface area (Å²) in [4.78, 5) is 13.2. The van der Waals surface area contributed by atoms with E-state index in [0.29, 0.717) is 11.1 Å². The van der Waals surface area contributed by atoms with Crippen molar-refractivity contribution in [3.8, 4) is 22.4 Å². The number of benzene rings is 3. The van der Waals surface area contributed by atoms with Crippen molar-refractivity contribution in [3.63, 3.8) is 0 Å². The predicted octanol–water partition coefficient (Wildman–Crippen LogP) is 5.01. The molecule has 0 N–H and O–H groups in total. The van der Waals surface area contributed by atoms with Gasteiger partial charge in [-0.1, -0.05) is 66.7 Å². The van der Waals surface area contributed by atoms with Crippen LogP contribution in [0.5, 0.6) is 0 Å². The second kappa shape index (κ2) is 6.02. The average Bonchev–Trinajstić information content (AvgIpc) is 2.65. The molecule has 0 saturated heterocycles. The van der Waals surface area contributed by atoms with Gasteiger partial charge in [-0.25, -0.2) is 4.39 Å². The van der Waals surface area contributed by atoms with Gasteiger partial charge in [0.1, 0.15) is 5.82 Å². The van der Waals surface area contributed by atoms with Crippen LogP contribution in [-0.4, -0.2) is 4.57 Å². The van der Waals surface area contributed by atoms with Gasteiger partial charge in [0.05, 0.1) is 22.2 Å². The van der Waals surface area contributed by atoms with E-state index in [1.807, 2.05) is 72.3 Å². The number of halogens is 1. The van der Waals surface area contributed by atoms with Crippen molar-refractivity contribution >= 4 is 10.9 Å². The van der Waals surface area contributed by atoms with Crippen LogP contribution >= 0.6 is 0 Å². The third kappa shape index (κ3) is 2.45. The molecule has 1 heterocycles. The van der Waals surface area contributed by atoms with Crippen molar-refractivity contribution in [1.29, 1.82) is 0 Å². The molecule has 0 fully saturated rings. The first-order chi connectivity index (χ1) is 12.2. The summed E-state index contributed by atoms with van der Waals surface area (Å²) in [6.45, 7) is 0. The van der Waals surface area contributed by atoms with Crippen molar-refractivity contribution in [3.05, 3.63) is 94.9 Å². The van der Waals surface area contributed by atoms with Gasteiger partial charge < -0.3 is 4.57 Å². The molecule has 25 heavy (non-hydrogen) atoms. The molecular weight excluding hydrogens is 313 g/mol. The lowest BCUT2D eigenvalue weighted by molar-refractivity contribution is 0.638. The maximum Gasteiger partial charge on any atom is 0.200 e. The first kappa shape index (κ1) is 15.3. The van der Waals surface area contributed by atoms with Crippen LogP contribution < -0.4 is 5.43 Å². The van der Waals surface area contributed by atoms with Gasteiger partial charge in [0.2, 0.25) is 5.43 Å². The van der Waals surface area contributed by atoms with Crippen LogP contribution in [0.25, 0.3) is 33.3 Å². The lowest BCUT2D eigenvalue weighted by atomic mass is 9.96. The summed E-state index contributed by atoms with van der Waals surface area (Å²) in [5.41, 5.74) is 3.32. The molecule has 122 valence electrons. The van der Waals surface area contributed by atoms with Crippen molar-refractivity contribution in [1.82, 2.24) is 4.57 Å². The number of fused-ring (bicyclic) bond motifs is 1. The number of rotatable bonds is 2. The Hall–Kier alpha value is -3.20.